The van der Waals surface area contributed by atoms with E-state index in [4.69, 9.17) is 13.3 Å². The van der Waals surface area contributed by atoms with E-state index in [1.54, 1.807) is 21.3 Å². The highest BCUT2D eigenvalue weighted by Gasteiger charge is 2.60. The predicted molar refractivity (Wildman–Crippen MR) is 153 cm³/mol. The Balaban J connectivity index is 4.07. The third-order valence-corrected chi connectivity index (χ3v) is 10.9. The molecule has 0 aliphatic carbocycles. The average Bonchev–Trinajstić information content (AvgIpc) is 2.87. The summed E-state index contributed by atoms with van der Waals surface area (Å²) in [7, 11) is 1.31. The maximum absolute atomic E-state index is 16.3. The van der Waals surface area contributed by atoms with Crippen LogP contribution in [0.1, 0.15) is 168 Å². The number of hydrogen-bond acceptors (Lipinski definition) is 3. The Labute approximate surface area is 221 Å². The lowest BCUT2D eigenvalue weighted by Crippen LogP contribution is -2.61. The molecular weight excluding hydrogens is 455 g/mol. The molecule has 0 aromatic rings. The van der Waals surface area contributed by atoms with Gasteiger partial charge in [0.05, 0.1) is 0 Å². The van der Waals surface area contributed by atoms with Gasteiger partial charge in [0.1, 0.15) is 0 Å². The van der Waals surface area contributed by atoms with E-state index in [9.17, 15) is 0 Å². The number of unbranched alkanes of at least 4 members (excludes halogenated alkanes) is 20. The third-order valence-electron chi connectivity index (χ3n) is 7.71. The topological polar surface area (TPSA) is 27.7 Å². The van der Waals surface area contributed by atoms with Gasteiger partial charge >= 0.3 is 8.80 Å². The Morgan fingerprint density at radius 3 is 0.886 bits per heavy atom. The van der Waals surface area contributed by atoms with Gasteiger partial charge < -0.3 is 13.3 Å². The molecule has 0 N–H and O–H groups in total. The molecule has 0 aromatic heterocycles. The minimum absolute atomic E-state index is 0.487. The summed E-state index contributed by atoms with van der Waals surface area (Å²) in [5.41, 5.74) is 0. The normalized spacial score (nSPS) is 13.9. The average molecular weight is 519 g/mol. The molecule has 0 radical (unpaired) electrons. The van der Waals surface area contributed by atoms with Crippen LogP contribution in [0.3, 0.4) is 0 Å². The smallest absolute Gasteiger partial charge is 0.375 e. The first-order valence-corrected chi connectivity index (χ1v) is 17.1. The standard InChI is InChI=1S/C30H63FO3Si/c1-6-8-10-12-14-15-16-17-18-19-20-21-23-25-27-29-30(31,35(32-3,33-4)34-5)28-26-24-22-13-11-9-7-2/h6-29H2,1-5H3. The first-order valence-electron chi connectivity index (χ1n) is 15.4. The molecule has 1 atom stereocenters. The van der Waals surface area contributed by atoms with Gasteiger partial charge in [0.25, 0.3) is 0 Å². The van der Waals surface area contributed by atoms with Crippen molar-refractivity contribution >= 4 is 8.80 Å². The van der Waals surface area contributed by atoms with Crippen molar-refractivity contribution in [3.63, 3.8) is 0 Å². The summed E-state index contributed by atoms with van der Waals surface area (Å²) in [4.78, 5) is 0. The van der Waals surface area contributed by atoms with E-state index in [1.165, 1.54) is 116 Å². The number of hydrogen-bond donors (Lipinski definition) is 0. The van der Waals surface area contributed by atoms with Crippen molar-refractivity contribution in [1.29, 1.82) is 0 Å². The van der Waals surface area contributed by atoms with Crippen LogP contribution in [0.25, 0.3) is 0 Å². The van der Waals surface area contributed by atoms with Crippen LogP contribution in [0.5, 0.6) is 0 Å². The van der Waals surface area contributed by atoms with Crippen LogP contribution >= 0.6 is 0 Å². The van der Waals surface area contributed by atoms with Crippen LogP contribution in [-0.4, -0.2) is 35.4 Å². The zero-order valence-corrected chi connectivity index (χ0v) is 25.6. The Morgan fingerprint density at radius 1 is 0.429 bits per heavy atom. The van der Waals surface area contributed by atoms with Crippen LogP contribution in [0.15, 0.2) is 0 Å². The third kappa shape index (κ3) is 16.5. The summed E-state index contributed by atoms with van der Waals surface area (Å²) in [6, 6.07) is 0. The molecule has 0 aliphatic rings. The Morgan fingerprint density at radius 2 is 0.657 bits per heavy atom. The highest BCUT2D eigenvalue weighted by molar-refractivity contribution is 6.63. The summed E-state index contributed by atoms with van der Waals surface area (Å²) < 4.78 is 33.1. The molecule has 5 heteroatoms. The summed E-state index contributed by atoms with van der Waals surface area (Å²) in [6.07, 6.45) is 29.0. The van der Waals surface area contributed by atoms with Crippen LogP contribution in [-0.2, 0) is 13.3 Å². The number of alkyl halides is 1. The molecule has 0 fully saturated rings. The van der Waals surface area contributed by atoms with Crippen molar-refractivity contribution in [3.8, 4) is 0 Å². The van der Waals surface area contributed by atoms with Crippen molar-refractivity contribution in [2.45, 2.75) is 173 Å². The molecule has 35 heavy (non-hydrogen) atoms. The fraction of sp³-hybridized carbons (Fsp3) is 1.00. The molecule has 0 saturated carbocycles. The summed E-state index contributed by atoms with van der Waals surface area (Å²) in [5.74, 6) is 0. The molecule has 3 nitrogen and oxygen atoms in total. The fourth-order valence-corrected chi connectivity index (χ4v) is 7.93. The van der Waals surface area contributed by atoms with Crippen LogP contribution in [0, 0.1) is 0 Å². The molecule has 212 valence electrons. The maximum atomic E-state index is 16.3. The van der Waals surface area contributed by atoms with Gasteiger partial charge in [-0.15, -0.1) is 0 Å². The van der Waals surface area contributed by atoms with Crippen molar-refractivity contribution < 1.29 is 17.7 Å². The van der Waals surface area contributed by atoms with E-state index in [0.717, 1.165) is 25.7 Å². The molecule has 0 aromatic carbocycles. The minimum Gasteiger partial charge on any atom is -0.375 e. The van der Waals surface area contributed by atoms with Gasteiger partial charge in [0.15, 0.2) is 5.29 Å². The molecular formula is C30H63FO3Si. The summed E-state index contributed by atoms with van der Waals surface area (Å²) in [6.45, 7) is 4.52. The molecule has 0 heterocycles. The van der Waals surface area contributed by atoms with Gasteiger partial charge in [-0.3, -0.25) is 0 Å². The Bertz CT molecular complexity index is 426. The van der Waals surface area contributed by atoms with Gasteiger partial charge in [0, 0.05) is 21.3 Å². The lowest BCUT2D eigenvalue weighted by atomic mass is 10.0. The summed E-state index contributed by atoms with van der Waals surface area (Å²) >= 11 is 0. The Hall–Kier alpha value is 0.0269. The second kappa shape index (κ2) is 24.4. The van der Waals surface area contributed by atoms with Crippen LogP contribution < -0.4 is 0 Å². The van der Waals surface area contributed by atoms with E-state index in [1.807, 2.05) is 0 Å². The second-order valence-electron chi connectivity index (χ2n) is 10.7. The van der Waals surface area contributed by atoms with Gasteiger partial charge in [-0.05, 0) is 12.8 Å². The largest absolute Gasteiger partial charge is 0.539 e. The molecule has 0 amide bonds. The second-order valence-corrected chi connectivity index (χ2v) is 13.9. The molecule has 0 spiro atoms. The lowest BCUT2D eigenvalue weighted by Gasteiger charge is -2.38. The van der Waals surface area contributed by atoms with E-state index >= 15 is 4.39 Å². The molecule has 0 aliphatic heterocycles. The number of halogens is 1. The molecule has 1 unspecified atom stereocenters. The predicted octanol–water partition coefficient (Wildman–Crippen LogP) is 10.5. The van der Waals surface area contributed by atoms with Gasteiger partial charge in [-0.1, -0.05) is 155 Å². The zero-order chi connectivity index (χ0) is 26.1. The van der Waals surface area contributed by atoms with Crippen molar-refractivity contribution in [1.82, 2.24) is 0 Å². The fourth-order valence-electron chi connectivity index (χ4n) is 5.37. The maximum Gasteiger partial charge on any atom is 0.539 e. The van der Waals surface area contributed by atoms with E-state index < -0.39 is 14.1 Å². The van der Waals surface area contributed by atoms with Crippen LogP contribution in [0.2, 0.25) is 0 Å². The molecule has 0 rings (SSSR count). The lowest BCUT2D eigenvalue weighted by molar-refractivity contribution is 0.0339. The highest BCUT2D eigenvalue weighted by atomic mass is 28.4. The summed E-state index contributed by atoms with van der Waals surface area (Å²) in [5, 5.41) is -1.48. The monoisotopic (exact) mass is 518 g/mol. The highest BCUT2D eigenvalue weighted by Crippen LogP contribution is 2.37. The van der Waals surface area contributed by atoms with E-state index in [2.05, 4.69) is 13.8 Å². The molecule has 0 saturated heterocycles. The van der Waals surface area contributed by atoms with Crippen molar-refractivity contribution in [2.75, 3.05) is 21.3 Å². The first-order chi connectivity index (χ1) is 17.1. The first kappa shape index (κ1) is 35.0. The van der Waals surface area contributed by atoms with Crippen molar-refractivity contribution in [3.05, 3.63) is 0 Å². The van der Waals surface area contributed by atoms with Gasteiger partial charge in [-0.2, -0.15) is 0 Å². The van der Waals surface area contributed by atoms with Crippen molar-refractivity contribution in [2.24, 2.45) is 0 Å². The number of rotatable bonds is 28. The molecule has 0 bridgehead atoms. The van der Waals surface area contributed by atoms with Crippen LogP contribution in [0.4, 0.5) is 4.39 Å². The van der Waals surface area contributed by atoms with Gasteiger partial charge in [-0.25, -0.2) is 4.39 Å². The zero-order valence-electron chi connectivity index (χ0n) is 24.6. The Kier molecular flexibility index (Phi) is 24.4. The minimum atomic E-state index is -3.33. The van der Waals surface area contributed by atoms with Gasteiger partial charge in [0.2, 0.25) is 0 Å². The SMILES string of the molecule is CCCCCCCCCCCCCCCCCC(F)(CCCCCCCCC)[Si](OC)(OC)OC. The van der Waals surface area contributed by atoms with E-state index in [0.29, 0.717) is 12.8 Å². The quantitative estimate of drug-likeness (QED) is 0.0761. The van der Waals surface area contributed by atoms with E-state index in [-0.39, 0.29) is 0 Å².